The van der Waals surface area contributed by atoms with Gasteiger partial charge in [-0.1, -0.05) is 48.5 Å². The van der Waals surface area contributed by atoms with Gasteiger partial charge in [-0.15, -0.1) is 0 Å². The fraction of sp³-hybridized carbons (Fsp3) is 0.208. The summed E-state index contributed by atoms with van der Waals surface area (Å²) in [6.45, 7) is 4.25. The van der Waals surface area contributed by atoms with Crippen LogP contribution in [0.15, 0.2) is 66.9 Å². The van der Waals surface area contributed by atoms with Crippen molar-refractivity contribution in [3.8, 4) is 11.6 Å². The molecule has 2 aromatic carbocycles. The van der Waals surface area contributed by atoms with Crippen molar-refractivity contribution in [3.05, 3.63) is 89.1 Å². The van der Waals surface area contributed by atoms with Crippen LogP contribution in [-0.2, 0) is 22.6 Å². The Bertz CT molecular complexity index is 1000. The molecular weight excluding hydrogens is 378 g/mol. The van der Waals surface area contributed by atoms with Crippen LogP contribution in [0, 0.1) is 13.8 Å². The monoisotopic (exact) mass is 403 g/mol. The van der Waals surface area contributed by atoms with Crippen LogP contribution >= 0.6 is 0 Å². The van der Waals surface area contributed by atoms with Crippen molar-refractivity contribution < 1.29 is 14.3 Å². The maximum absolute atomic E-state index is 12.0. The molecule has 0 saturated carbocycles. The molecule has 0 bridgehead atoms. The normalized spacial score (nSPS) is 10.3. The van der Waals surface area contributed by atoms with Gasteiger partial charge in [-0.3, -0.25) is 9.59 Å². The van der Waals surface area contributed by atoms with E-state index in [1.165, 1.54) is 0 Å². The van der Waals surface area contributed by atoms with E-state index < -0.39 is 0 Å². The molecule has 0 aliphatic heterocycles. The van der Waals surface area contributed by atoms with Gasteiger partial charge in [-0.25, -0.2) is 4.98 Å². The second-order valence-corrected chi connectivity index (χ2v) is 7.09. The lowest BCUT2D eigenvalue weighted by Gasteiger charge is -2.10. The molecule has 6 nitrogen and oxygen atoms in total. The number of hydrogen-bond donors (Lipinski definition) is 2. The van der Waals surface area contributed by atoms with Crippen LogP contribution < -0.4 is 15.4 Å². The van der Waals surface area contributed by atoms with Crippen LogP contribution in [-0.4, -0.2) is 23.3 Å². The van der Waals surface area contributed by atoms with Crippen molar-refractivity contribution >= 4 is 11.8 Å². The predicted octanol–water partition coefficient (Wildman–Crippen LogP) is 3.47. The molecule has 2 N–H and O–H groups in total. The van der Waals surface area contributed by atoms with Gasteiger partial charge in [0.2, 0.25) is 17.7 Å². The molecule has 154 valence electrons. The highest BCUT2D eigenvalue weighted by Crippen LogP contribution is 2.24. The fourth-order valence-corrected chi connectivity index (χ4v) is 2.79. The summed E-state index contributed by atoms with van der Waals surface area (Å²) >= 11 is 0. The number of nitrogens with zero attached hydrogens (tertiary/aromatic N) is 1. The largest absolute Gasteiger partial charge is 0.439 e. The van der Waals surface area contributed by atoms with Crippen LogP contribution in [0.2, 0.25) is 0 Å². The van der Waals surface area contributed by atoms with Gasteiger partial charge in [-0.2, -0.15) is 0 Å². The van der Waals surface area contributed by atoms with E-state index in [0.717, 1.165) is 28.0 Å². The number of aryl methyl sites for hydroxylation is 2. The Morgan fingerprint density at radius 1 is 0.900 bits per heavy atom. The lowest BCUT2D eigenvalue weighted by molar-refractivity contribution is -0.125. The van der Waals surface area contributed by atoms with Crippen molar-refractivity contribution in [1.29, 1.82) is 0 Å². The Labute approximate surface area is 176 Å². The Morgan fingerprint density at radius 3 is 2.43 bits per heavy atom. The number of nitrogens with one attached hydrogen (secondary N) is 2. The van der Waals surface area contributed by atoms with Crippen molar-refractivity contribution in [1.82, 2.24) is 15.6 Å². The lowest BCUT2D eigenvalue weighted by atomic mass is 10.1. The number of benzene rings is 2. The molecule has 0 saturated heterocycles. The van der Waals surface area contributed by atoms with E-state index in [9.17, 15) is 9.59 Å². The molecular formula is C24H25N3O3. The summed E-state index contributed by atoms with van der Waals surface area (Å²) in [7, 11) is 0. The second-order valence-electron chi connectivity index (χ2n) is 7.09. The van der Waals surface area contributed by atoms with Gasteiger partial charge in [-0.05, 0) is 42.2 Å². The van der Waals surface area contributed by atoms with Gasteiger partial charge in [0.25, 0.3) is 0 Å². The van der Waals surface area contributed by atoms with E-state index in [0.29, 0.717) is 12.4 Å². The Morgan fingerprint density at radius 2 is 1.70 bits per heavy atom. The maximum atomic E-state index is 12.0. The summed E-state index contributed by atoms with van der Waals surface area (Å²) < 4.78 is 5.84. The highest BCUT2D eigenvalue weighted by atomic mass is 16.5. The van der Waals surface area contributed by atoms with Gasteiger partial charge in [0.05, 0.1) is 13.0 Å². The first-order chi connectivity index (χ1) is 14.5. The number of hydrogen-bond acceptors (Lipinski definition) is 4. The van der Waals surface area contributed by atoms with Crippen molar-refractivity contribution in [2.24, 2.45) is 0 Å². The minimum Gasteiger partial charge on any atom is -0.439 e. The number of carbonyl (C=O) groups is 2. The summed E-state index contributed by atoms with van der Waals surface area (Å²) in [6, 6.07) is 19.0. The van der Waals surface area contributed by atoms with Crippen LogP contribution in [0.1, 0.15) is 22.3 Å². The number of rotatable bonds is 8. The van der Waals surface area contributed by atoms with Crippen molar-refractivity contribution in [2.45, 2.75) is 26.8 Å². The Kier molecular flexibility index (Phi) is 7.16. The molecule has 3 aromatic rings. The van der Waals surface area contributed by atoms with E-state index in [-0.39, 0.29) is 24.8 Å². The lowest BCUT2D eigenvalue weighted by Crippen LogP contribution is -2.37. The van der Waals surface area contributed by atoms with Gasteiger partial charge in [0.15, 0.2) is 0 Å². The number of aromatic nitrogens is 1. The molecule has 0 aliphatic rings. The van der Waals surface area contributed by atoms with Crippen LogP contribution in [0.5, 0.6) is 11.6 Å². The first-order valence-corrected chi connectivity index (χ1v) is 9.77. The number of carbonyl (C=O) groups excluding carboxylic acids is 2. The Balaban J connectivity index is 1.42. The molecule has 6 heteroatoms. The standard InChI is InChI=1S/C24H25N3O3/c1-17-8-9-18(2)21(12-17)30-24-11-10-20(15-27-24)14-25-23(29)16-26-22(28)13-19-6-4-3-5-7-19/h3-12,15H,13-14,16H2,1-2H3,(H,25,29)(H,26,28). The summed E-state index contributed by atoms with van der Waals surface area (Å²) in [5.41, 5.74) is 3.90. The van der Waals surface area contributed by atoms with Gasteiger partial charge >= 0.3 is 0 Å². The number of pyridine rings is 1. The van der Waals surface area contributed by atoms with E-state index in [2.05, 4.69) is 15.6 Å². The molecule has 0 fully saturated rings. The van der Waals surface area contributed by atoms with E-state index in [1.807, 2.05) is 68.4 Å². The molecule has 30 heavy (non-hydrogen) atoms. The van der Waals surface area contributed by atoms with Crippen molar-refractivity contribution in [3.63, 3.8) is 0 Å². The Hall–Kier alpha value is -3.67. The van der Waals surface area contributed by atoms with Gasteiger partial charge < -0.3 is 15.4 Å². The molecule has 0 spiro atoms. The highest BCUT2D eigenvalue weighted by Gasteiger charge is 2.07. The fourth-order valence-electron chi connectivity index (χ4n) is 2.79. The maximum Gasteiger partial charge on any atom is 0.239 e. The zero-order valence-corrected chi connectivity index (χ0v) is 17.1. The molecule has 2 amide bonds. The van der Waals surface area contributed by atoms with Crippen LogP contribution in [0.4, 0.5) is 0 Å². The summed E-state index contributed by atoms with van der Waals surface area (Å²) in [6.07, 6.45) is 1.91. The van der Waals surface area contributed by atoms with Crippen molar-refractivity contribution in [2.75, 3.05) is 6.54 Å². The minimum atomic E-state index is -0.257. The predicted molar refractivity (Wildman–Crippen MR) is 115 cm³/mol. The second kappa shape index (κ2) is 10.2. The first-order valence-electron chi connectivity index (χ1n) is 9.77. The molecule has 0 aliphatic carbocycles. The topological polar surface area (TPSA) is 80.3 Å². The smallest absolute Gasteiger partial charge is 0.239 e. The zero-order valence-electron chi connectivity index (χ0n) is 17.1. The first kappa shape index (κ1) is 21.0. The van der Waals surface area contributed by atoms with Crippen LogP contribution in [0.3, 0.4) is 0 Å². The average Bonchev–Trinajstić information content (AvgIpc) is 2.75. The van der Waals surface area contributed by atoms with E-state index >= 15 is 0 Å². The summed E-state index contributed by atoms with van der Waals surface area (Å²) in [5, 5.41) is 5.40. The molecule has 3 rings (SSSR count). The molecule has 1 aromatic heterocycles. The van der Waals surface area contributed by atoms with Gasteiger partial charge in [0, 0.05) is 18.8 Å². The van der Waals surface area contributed by atoms with E-state index in [4.69, 9.17) is 4.74 Å². The summed E-state index contributed by atoms with van der Waals surface area (Å²) in [5.74, 6) is 0.819. The van der Waals surface area contributed by atoms with Crippen LogP contribution in [0.25, 0.3) is 0 Å². The molecule has 0 unspecified atom stereocenters. The van der Waals surface area contributed by atoms with Gasteiger partial charge in [0.1, 0.15) is 5.75 Å². The highest BCUT2D eigenvalue weighted by molar-refractivity contribution is 5.85. The molecule has 0 atom stereocenters. The quantitative estimate of drug-likeness (QED) is 0.604. The number of amides is 2. The minimum absolute atomic E-state index is 0.0626. The van der Waals surface area contributed by atoms with E-state index in [1.54, 1.807) is 12.3 Å². The third kappa shape index (κ3) is 6.44. The third-order valence-corrected chi connectivity index (χ3v) is 4.50. The zero-order chi connectivity index (χ0) is 21.3. The molecule has 0 radical (unpaired) electrons. The number of ether oxygens (including phenoxy) is 1. The summed E-state index contributed by atoms with van der Waals surface area (Å²) in [4.78, 5) is 28.2. The average molecular weight is 403 g/mol. The SMILES string of the molecule is Cc1ccc(C)c(Oc2ccc(CNC(=O)CNC(=O)Cc3ccccc3)cn2)c1. The molecule has 1 heterocycles. The third-order valence-electron chi connectivity index (χ3n) is 4.50.